The van der Waals surface area contributed by atoms with E-state index in [2.05, 4.69) is 33.6 Å². The molecule has 0 radical (unpaired) electrons. The summed E-state index contributed by atoms with van der Waals surface area (Å²) in [7, 11) is 0. The summed E-state index contributed by atoms with van der Waals surface area (Å²) in [6, 6.07) is 0.470. The van der Waals surface area contributed by atoms with Crippen LogP contribution in [0.3, 0.4) is 0 Å². The first-order valence-corrected chi connectivity index (χ1v) is 8.16. The Hall–Kier alpha value is -1.59. The highest BCUT2D eigenvalue weighted by molar-refractivity contribution is 5.44. The molecule has 116 valence electrons. The lowest BCUT2D eigenvalue weighted by Crippen LogP contribution is -2.42. The molecule has 2 unspecified atom stereocenters. The molecular weight excluding hydrogens is 264 g/mol. The average molecular weight is 290 g/mol. The molecule has 0 aromatic carbocycles. The molecule has 0 spiro atoms. The molecule has 1 aromatic heterocycles. The van der Waals surface area contributed by atoms with Gasteiger partial charge >= 0.3 is 0 Å². The maximum absolute atomic E-state index is 5.94. The smallest absolute Gasteiger partial charge is 0.232 e. The van der Waals surface area contributed by atoms with Gasteiger partial charge in [0.2, 0.25) is 17.8 Å². The Bertz CT molecular complexity index is 485. The molecule has 2 saturated heterocycles. The Kier molecular flexibility index (Phi) is 4.12. The highest BCUT2D eigenvalue weighted by Crippen LogP contribution is 2.27. The van der Waals surface area contributed by atoms with Gasteiger partial charge in [-0.25, -0.2) is 0 Å². The lowest BCUT2D eigenvalue weighted by atomic mass is 9.95. The van der Waals surface area contributed by atoms with Crippen molar-refractivity contribution in [3.8, 4) is 0 Å². The highest BCUT2D eigenvalue weighted by Gasteiger charge is 2.26. The fourth-order valence-corrected chi connectivity index (χ4v) is 3.30. The second-order valence-corrected chi connectivity index (χ2v) is 6.53. The molecule has 0 amide bonds. The van der Waals surface area contributed by atoms with E-state index in [0.29, 0.717) is 17.9 Å². The third-order valence-corrected chi connectivity index (χ3v) is 4.64. The number of piperidine rings is 2. The molecule has 3 rings (SSSR count). The Labute approximate surface area is 126 Å². The zero-order valence-corrected chi connectivity index (χ0v) is 13.1. The van der Waals surface area contributed by atoms with E-state index in [9.17, 15) is 0 Å². The lowest BCUT2D eigenvalue weighted by molar-refractivity contribution is 0.385. The van der Waals surface area contributed by atoms with Crippen LogP contribution in [-0.4, -0.2) is 40.6 Å². The fourth-order valence-electron chi connectivity index (χ4n) is 3.30. The molecule has 2 aliphatic heterocycles. The van der Waals surface area contributed by atoms with Crippen molar-refractivity contribution in [3.63, 3.8) is 0 Å². The van der Waals surface area contributed by atoms with Gasteiger partial charge in [0.25, 0.3) is 0 Å². The van der Waals surface area contributed by atoms with Gasteiger partial charge in [-0.3, -0.25) is 0 Å². The molecule has 6 heteroatoms. The van der Waals surface area contributed by atoms with Gasteiger partial charge < -0.3 is 15.5 Å². The van der Waals surface area contributed by atoms with Gasteiger partial charge in [0.05, 0.1) is 0 Å². The summed E-state index contributed by atoms with van der Waals surface area (Å²) in [5.74, 6) is 2.52. The van der Waals surface area contributed by atoms with E-state index in [1.54, 1.807) is 0 Å². The van der Waals surface area contributed by atoms with Gasteiger partial charge in [-0.05, 0) is 44.9 Å². The second-order valence-electron chi connectivity index (χ2n) is 6.53. The van der Waals surface area contributed by atoms with Crippen molar-refractivity contribution in [2.75, 3.05) is 35.2 Å². The van der Waals surface area contributed by atoms with Crippen LogP contribution in [0, 0.1) is 5.92 Å². The van der Waals surface area contributed by atoms with Crippen LogP contribution < -0.4 is 15.5 Å². The van der Waals surface area contributed by atoms with Gasteiger partial charge in [0.15, 0.2) is 0 Å². The SMILES string of the molecule is CC1CCC(C)N(c2nc(N)nc(N3CCCCC3)n2)C1. The second kappa shape index (κ2) is 6.03. The van der Waals surface area contributed by atoms with Crippen molar-refractivity contribution in [3.05, 3.63) is 0 Å². The van der Waals surface area contributed by atoms with Crippen molar-refractivity contribution < 1.29 is 0 Å². The normalized spacial score (nSPS) is 27.0. The topological polar surface area (TPSA) is 71.2 Å². The predicted octanol–water partition coefficient (Wildman–Crippen LogP) is 2.07. The van der Waals surface area contributed by atoms with Gasteiger partial charge in [0, 0.05) is 25.7 Å². The quantitative estimate of drug-likeness (QED) is 0.899. The molecule has 6 nitrogen and oxygen atoms in total. The van der Waals surface area contributed by atoms with E-state index in [0.717, 1.165) is 31.5 Å². The zero-order valence-electron chi connectivity index (χ0n) is 13.1. The number of hydrogen-bond acceptors (Lipinski definition) is 6. The third-order valence-electron chi connectivity index (χ3n) is 4.64. The minimum Gasteiger partial charge on any atom is -0.368 e. The van der Waals surface area contributed by atoms with Crippen molar-refractivity contribution in [2.45, 2.75) is 52.0 Å². The van der Waals surface area contributed by atoms with E-state index < -0.39 is 0 Å². The maximum atomic E-state index is 5.94. The molecule has 2 atom stereocenters. The highest BCUT2D eigenvalue weighted by atomic mass is 15.4. The molecule has 0 saturated carbocycles. The standard InChI is InChI=1S/C15H26N6/c1-11-6-7-12(2)21(10-11)15-18-13(16)17-14(19-15)20-8-4-3-5-9-20/h11-12H,3-10H2,1-2H3,(H2,16,17,18,19). The largest absolute Gasteiger partial charge is 0.368 e. The van der Waals surface area contributed by atoms with E-state index in [1.807, 2.05) is 0 Å². The molecule has 1 aromatic rings. The maximum Gasteiger partial charge on any atom is 0.232 e. The Morgan fingerprint density at radius 3 is 2.43 bits per heavy atom. The first kappa shape index (κ1) is 14.4. The average Bonchev–Trinajstić information content (AvgIpc) is 2.50. The summed E-state index contributed by atoms with van der Waals surface area (Å²) in [4.78, 5) is 18.0. The first-order chi connectivity index (χ1) is 10.1. The van der Waals surface area contributed by atoms with Crippen LogP contribution in [0.4, 0.5) is 17.8 Å². The Morgan fingerprint density at radius 1 is 0.952 bits per heavy atom. The molecular formula is C15H26N6. The van der Waals surface area contributed by atoms with Crippen LogP contribution in [0.15, 0.2) is 0 Å². The predicted molar refractivity (Wildman–Crippen MR) is 85.5 cm³/mol. The molecule has 2 aliphatic rings. The number of rotatable bonds is 2. The number of nitrogens with zero attached hydrogens (tertiary/aromatic N) is 5. The minimum absolute atomic E-state index is 0.339. The Morgan fingerprint density at radius 2 is 1.67 bits per heavy atom. The summed E-state index contributed by atoms with van der Waals surface area (Å²) < 4.78 is 0. The van der Waals surface area contributed by atoms with Crippen LogP contribution in [0.25, 0.3) is 0 Å². The third kappa shape index (κ3) is 3.19. The molecule has 3 heterocycles. The molecule has 0 aliphatic carbocycles. The summed E-state index contributed by atoms with van der Waals surface area (Å²) in [5.41, 5.74) is 5.94. The minimum atomic E-state index is 0.339. The molecule has 2 fully saturated rings. The molecule has 2 N–H and O–H groups in total. The first-order valence-electron chi connectivity index (χ1n) is 8.16. The molecule has 0 bridgehead atoms. The van der Waals surface area contributed by atoms with E-state index >= 15 is 0 Å². The fraction of sp³-hybridized carbons (Fsp3) is 0.800. The number of nitrogen functional groups attached to an aromatic ring is 1. The van der Waals surface area contributed by atoms with Gasteiger partial charge in [-0.15, -0.1) is 0 Å². The summed E-state index contributed by atoms with van der Waals surface area (Å²) in [6.07, 6.45) is 6.17. The van der Waals surface area contributed by atoms with Gasteiger partial charge in [-0.2, -0.15) is 15.0 Å². The van der Waals surface area contributed by atoms with E-state index in [4.69, 9.17) is 10.7 Å². The number of anilines is 3. The summed E-state index contributed by atoms with van der Waals surface area (Å²) >= 11 is 0. The van der Waals surface area contributed by atoms with Crippen molar-refractivity contribution in [1.29, 1.82) is 0 Å². The van der Waals surface area contributed by atoms with Crippen LogP contribution in [-0.2, 0) is 0 Å². The summed E-state index contributed by atoms with van der Waals surface area (Å²) in [6.45, 7) is 7.58. The zero-order chi connectivity index (χ0) is 14.8. The van der Waals surface area contributed by atoms with Crippen molar-refractivity contribution >= 4 is 17.8 Å². The van der Waals surface area contributed by atoms with Gasteiger partial charge in [0.1, 0.15) is 0 Å². The van der Waals surface area contributed by atoms with Crippen molar-refractivity contribution in [2.24, 2.45) is 5.92 Å². The Balaban J connectivity index is 1.86. The lowest BCUT2D eigenvalue weighted by Gasteiger charge is -2.37. The van der Waals surface area contributed by atoms with Crippen LogP contribution >= 0.6 is 0 Å². The number of nitrogens with two attached hydrogens (primary N) is 1. The van der Waals surface area contributed by atoms with Crippen LogP contribution in [0.2, 0.25) is 0 Å². The monoisotopic (exact) mass is 290 g/mol. The van der Waals surface area contributed by atoms with E-state index in [-0.39, 0.29) is 0 Å². The van der Waals surface area contributed by atoms with E-state index in [1.165, 1.54) is 32.1 Å². The van der Waals surface area contributed by atoms with Crippen molar-refractivity contribution in [1.82, 2.24) is 15.0 Å². The van der Waals surface area contributed by atoms with Crippen LogP contribution in [0.5, 0.6) is 0 Å². The number of hydrogen-bond donors (Lipinski definition) is 1. The van der Waals surface area contributed by atoms with Gasteiger partial charge in [-0.1, -0.05) is 6.92 Å². The summed E-state index contributed by atoms with van der Waals surface area (Å²) in [5, 5.41) is 0. The number of aromatic nitrogens is 3. The molecule has 21 heavy (non-hydrogen) atoms. The van der Waals surface area contributed by atoms with Crippen LogP contribution in [0.1, 0.15) is 46.0 Å².